The molecule has 0 aliphatic carbocycles. The molecule has 0 aromatic heterocycles. The minimum Gasteiger partial charge on any atom is -0.493 e. The molecule has 26 heavy (non-hydrogen) atoms. The standard InChI is InChI=1S/C20H27NO4S/c1-14(2)6-7-16-8-10-17(11-9-16)26(22,23)21-18-13-20(25-5)19(24-4)12-15(18)3/h8-14,21H,6-7H2,1-5H3. The van der Waals surface area contributed by atoms with E-state index < -0.39 is 10.0 Å². The second-order valence-electron chi connectivity index (χ2n) is 6.70. The average molecular weight is 378 g/mol. The fourth-order valence-corrected chi connectivity index (χ4v) is 3.71. The Balaban J connectivity index is 2.23. The van der Waals surface area contributed by atoms with E-state index in [0.717, 1.165) is 24.0 Å². The van der Waals surface area contributed by atoms with Gasteiger partial charge in [-0.25, -0.2) is 8.42 Å². The Kier molecular flexibility index (Phi) is 6.53. The molecule has 2 aromatic rings. The highest BCUT2D eigenvalue weighted by atomic mass is 32.2. The van der Waals surface area contributed by atoms with Crippen molar-refractivity contribution in [3.8, 4) is 11.5 Å². The summed E-state index contributed by atoms with van der Waals surface area (Å²) in [6.07, 6.45) is 2.02. The SMILES string of the molecule is COc1cc(C)c(NS(=O)(=O)c2ccc(CCC(C)C)cc2)cc1OC. The third-order valence-corrected chi connectivity index (χ3v) is 5.60. The molecule has 0 radical (unpaired) electrons. The van der Waals surface area contributed by atoms with Gasteiger partial charge in [0, 0.05) is 6.07 Å². The predicted octanol–water partition coefficient (Wildman–Crippen LogP) is 4.40. The maximum absolute atomic E-state index is 12.7. The molecule has 0 amide bonds. The van der Waals surface area contributed by atoms with Crippen LogP contribution in [0, 0.1) is 12.8 Å². The van der Waals surface area contributed by atoms with E-state index in [1.54, 1.807) is 31.4 Å². The summed E-state index contributed by atoms with van der Waals surface area (Å²) in [4.78, 5) is 0.236. The molecule has 0 spiro atoms. The van der Waals surface area contributed by atoms with Crippen LogP contribution < -0.4 is 14.2 Å². The van der Waals surface area contributed by atoms with E-state index in [9.17, 15) is 8.42 Å². The monoisotopic (exact) mass is 377 g/mol. The van der Waals surface area contributed by atoms with Crippen molar-refractivity contribution < 1.29 is 17.9 Å². The Morgan fingerprint density at radius 1 is 1.00 bits per heavy atom. The van der Waals surface area contributed by atoms with E-state index in [2.05, 4.69) is 18.6 Å². The van der Waals surface area contributed by atoms with Crippen molar-refractivity contribution >= 4 is 15.7 Å². The molecular formula is C20H27NO4S. The normalized spacial score (nSPS) is 11.5. The predicted molar refractivity (Wildman–Crippen MR) is 105 cm³/mol. The van der Waals surface area contributed by atoms with Crippen molar-refractivity contribution in [1.82, 2.24) is 0 Å². The zero-order valence-electron chi connectivity index (χ0n) is 16.0. The number of hydrogen-bond acceptors (Lipinski definition) is 4. The summed E-state index contributed by atoms with van der Waals surface area (Å²) in [5.74, 6) is 1.65. The summed E-state index contributed by atoms with van der Waals surface area (Å²) in [5, 5.41) is 0. The van der Waals surface area contributed by atoms with E-state index in [0.29, 0.717) is 23.1 Å². The topological polar surface area (TPSA) is 64.6 Å². The van der Waals surface area contributed by atoms with Gasteiger partial charge in [0.1, 0.15) is 0 Å². The quantitative estimate of drug-likeness (QED) is 0.740. The molecule has 0 bridgehead atoms. The van der Waals surface area contributed by atoms with Gasteiger partial charge in [-0.15, -0.1) is 0 Å². The van der Waals surface area contributed by atoms with Crippen molar-refractivity contribution in [2.75, 3.05) is 18.9 Å². The number of hydrogen-bond donors (Lipinski definition) is 1. The van der Waals surface area contributed by atoms with Crippen molar-refractivity contribution in [2.45, 2.75) is 38.5 Å². The van der Waals surface area contributed by atoms with E-state index in [1.165, 1.54) is 7.11 Å². The highest BCUT2D eigenvalue weighted by molar-refractivity contribution is 7.92. The van der Waals surface area contributed by atoms with Gasteiger partial charge in [0.15, 0.2) is 11.5 Å². The molecule has 0 aliphatic rings. The maximum atomic E-state index is 12.7. The summed E-state index contributed by atoms with van der Waals surface area (Å²) < 4.78 is 38.5. The van der Waals surface area contributed by atoms with Gasteiger partial charge >= 0.3 is 0 Å². The Bertz CT molecular complexity index is 843. The van der Waals surface area contributed by atoms with E-state index >= 15 is 0 Å². The Morgan fingerprint density at radius 2 is 1.58 bits per heavy atom. The number of rotatable bonds is 8. The number of nitrogens with one attached hydrogen (secondary N) is 1. The van der Waals surface area contributed by atoms with Gasteiger partial charge in [-0.1, -0.05) is 26.0 Å². The zero-order chi connectivity index (χ0) is 19.3. The van der Waals surface area contributed by atoms with E-state index in [4.69, 9.17) is 9.47 Å². The third-order valence-electron chi connectivity index (χ3n) is 4.22. The van der Waals surface area contributed by atoms with Crippen LogP contribution in [0.3, 0.4) is 0 Å². The summed E-state index contributed by atoms with van der Waals surface area (Å²) >= 11 is 0. The van der Waals surface area contributed by atoms with Crippen LogP contribution in [-0.2, 0) is 16.4 Å². The molecule has 2 aromatic carbocycles. The molecular weight excluding hydrogens is 350 g/mol. The zero-order valence-corrected chi connectivity index (χ0v) is 16.8. The Hall–Kier alpha value is -2.21. The summed E-state index contributed by atoms with van der Waals surface area (Å²) in [6.45, 7) is 6.16. The molecule has 142 valence electrons. The second kappa shape index (κ2) is 8.45. The number of ether oxygens (including phenoxy) is 2. The van der Waals surface area contributed by atoms with Gasteiger partial charge in [0.25, 0.3) is 10.0 Å². The van der Waals surface area contributed by atoms with Gasteiger partial charge in [0.2, 0.25) is 0 Å². The van der Waals surface area contributed by atoms with Crippen molar-refractivity contribution in [3.63, 3.8) is 0 Å². The van der Waals surface area contributed by atoms with Crippen LogP contribution in [-0.4, -0.2) is 22.6 Å². The molecule has 0 unspecified atom stereocenters. The molecule has 0 saturated heterocycles. The second-order valence-corrected chi connectivity index (χ2v) is 8.39. The van der Waals surface area contributed by atoms with Crippen LogP contribution >= 0.6 is 0 Å². The maximum Gasteiger partial charge on any atom is 0.261 e. The molecule has 0 fully saturated rings. The van der Waals surface area contributed by atoms with Gasteiger partial charge in [-0.05, 0) is 55.0 Å². The van der Waals surface area contributed by atoms with Crippen LogP contribution in [0.5, 0.6) is 11.5 Å². The third kappa shape index (κ3) is 4.91. The molecule has 0 heterocycles. The first-order valence-electron chi connectivity index (χ1n) is 8.61. The minimum atomic E-state index is -3.67. The van der Waals surface area contributed by atoms with Crippen molar-refractivity contribution in [2.24, 2.45) is 5.92 Å². The summed E-state index contributed by atoms with van der Waals surface area (Å²) in [6, 6.07) is 10.4. The highest BCUT2D eigenvalue weighted by Crippen LogP contribution is 2.33. The molecule has 0 saturated carbocycles. The Morgan fingerprint density at radius 3 is 2.12 bits per heavy atom. The smallest absolute Gasteiger partial charge is 0.261 e. The van der Waals surface area contributed by atoms with Crippen LogP contribution in [0.2, 0.25) is 0 Å². The van der Waals surface area contributed by atoms with Crippen LogP contribution in [0.25, 0.3) is 0 Å². The van der Waals surface area contributed by atoms with Gasteiger partial charge in [-0.3, -0.25) is 4.72 Å². The number of sulfonamides is 1. The molecule has 0 aliphatic heterocycles. The fraction of sp³-hybridized carbons (Fsp3) is 0.400. The lowest BCUT2D eigenvalue weighted by molar-refractivity contribution is 0.355. The van der Waals surface area contributed by atoms with Gasteiger partial charge in [-0.2, -0.15) is 0 Å². The molecule has 5 nitrogen and oxygen atoms in total. The largest absolute Gasteiger partial charge is 0.493 e. The average Bonchev–Trinajstić information content (AvgIpc) is 2.61. The highest BCUT2D eigenvalue weighted by Gasteiger charge is 2.17. The van der Waals surface area contributed by atoms with E-state index in [-0.39, 0.29) is 4.90 Å². The first-order valence-corrected chi connectivity index (χ1v) is 10.1. The first kappa shape index (κ1) is 20.1. The van der Waals surface area contributed by atoms with Gasteiger partial charge < -0.3 is 9.47 Å². The lowest BCUT2D eigenvalue weighted by atomic mass is 10.0. The van der Waals surface area contributed by atoms with Crippen LogP contribution in [0.1, 0.15) is 31.4 Å². The minimum absolute atomic E-state index is 0.236. The number of aryl methyl sites for hydroxylation is 2. The lowest BCUT2D eigenvalue weighted by Gasteiger charge is -2.15. The summed E-state index contributed by atoms with van der Waals surface area (Å²) in [5.41, 5.74) is 2.35. The van der Waals surface area contributed by atoms with Crippen molar-refractivity contribution in [1.29, 1.82) is 0 Å². The van der Waals surface area contributed by atoms with E-state index in [1.807, 2.05) is 19.1 Å². The number of methoxy groups -OCH3 is 2. The van der Waals surface area contributed by atoms with Crippen molar-refractivity contribution in [3.05, 3.63) is 47.5 Å². The Labute approximate surface area is 156 Å². The van der Waals surface area contributed by atoms with Gasteiger partial charge in [0.05, 0.1) is 24.8 Å². The molecule has 1 N–H and O–H groups in total. The lowest BCUT2D eigenvalue weighted by Crippen LogP contribution is -2.14. The van der Waals surface area contributed by atoms with Crippen LogP contribution in [0.15, 0.2) is 41.3 Å². The number of benzene rings is 2. The van der Waals surface area contributed by atoms with Crippen LogP contribution in [0.4, 0.5) is 5.69 Å². The fourth-order valence-electron chi connectivity index (χ4n) is 2.58. The summed E-state index contributed by atoms with van der Waals surface area (Å²) in [7, 11) is -0.616. The molecule has 6 heteroatoms. The number of anilines is 1. The first-order chi connectivity index (χ1) is 12.3. The molecule has 0 atom stereocenters. The molecule has 2 rings (SSSR count).